The Morgan fingerprint density at radius 3 is 2.69 bits per heavy atom. The highest BCUT2D eigenvalue weighted by Crippen LogP contribution is 2.38. The van der Waals surface area contributed by atoms with E-state index in [2.05, 4.69) is 0 Å². The standard InChI is InChI=1S/C19H20ClNO4S/c1-21(15-6-3-2-4-7-15)18(22)13-26(23)12-14-10-16(20)19-17(11-14)24-8-5-9-25-19/h2-4,6-7,10-11H,5,8-9,12-13H2,1H3/t26-/m1/s1. The van der Waals surface area contributed by atoms with Crippen molar-refractivity contribution in [1.82, 2.24) is 0 Å². The topological polar surface area (TPSA) is 55.8 Å². The minimum absolute atomic E-state index is 0.0581. The first-order valence-electron chi connectivity index (χ1n) is 8.29. The Bertz CT molecular complexity index is 813. The van der Waals surface area contributed by atoms with Gasteiger partial charge < -0.3 is 14.4 Å². The number of carbonyl (C=O) groups excluding carboxylic acids is 1. The maximum atomic E-state index is 12.5. The van der Waals surface area contributed by atoms with Crippen molar-refractivity contribution in [2.75, 3.05) is 30.9 Å². The van der Waals surface area contributed by atoms with Crippen LogP contribution >= 0.6 is 11.6 Å². The van der Waals surface area contributed by atoms with E-state index >= 15 is 0 Å². The molecule has 2 aromatic rings. The molecule has 0 saturated carbocycles. The van der Waals surface area contributed by atoms with Gasteiger partial charge in [0.2, 0.25) is 5.91 Å². The number of para-hydroxylation sites is 1. The monoisotopic (exact) mass is 393 g/mol. The summed E-state index contributed by atoms with van der Waals surface area (Å²) in [6.45, 7) is 1.11. The van der Waals surface area contributed by atoms with Crippen LogP contribution in [0.1, 0.15) is 12.0 Å². The Kier molecular flexibility index (Phi) is 6.16. The average molecular weight is 394 g/mol. The molecule has 2 aromatic carbocycles. The third-order valence-corrected chi connectivity index (χ3v) is 5.50. The molecule has 0 bridgehead atoms. The second-order valence-electron chi connectivity index (χ2n) is 5.97. The summed E-state index contributed by atoms with van der Waals surface area (Å²) in [5.41, 5.74) is 1.53. The van der Waals surface area contributed by atoms with Gasteiger partial charge in [0, 0.05) is 35.7 Å². The summed E-state index contributed by atoms with van der Waals surface area (Å²) in [5, 5.41) is 0.434. The van der Waals surface area contributed by atoms with Crippen molar-refractivity contribution >= 4 is 34.0 Å². The molecule has 1 aliphatic heterocycles. The van der Waals surface area contributed by atoms with Gasteiger partial charge >= 0.3 is 0 Å². The highest BCUT2D eigenvalue weighted by atomic mass is 35.5. The second-order valence-corrected chi connectivity index (χ2v) is 7.84. The number of rotatable bonds is 5. The molecule has 0 aliphatic carbocycles. The van der Waals surface area contributed by atoms with Gasteiger partial charge in [-0.15, -0.1) is 0 Å². The van der Waals surface area contributed by atoms with Crippen molar-refractivity contribution in [3.63, 3.8) is 0 Å². The maximum Gasteiger partial charge on any atom is 0.239 e. The van der Waals surface area contributed by atoms with E-state index in [1.54, 1.807) is 19.2 Å². The second kappa shape index (κ2) is 8.56. The zero-order valence-electron chi connectivity index (χ0n) is 14.4. The Hall–Kier alpha value is -2.05. The van der Waals surface area contributed by atoms with Crippen LogP contribution in [0.25, 0.3) is 0 Å². The lowest BCUT2D eigenvalue weighted by Gasteiger charge is -2.17. The van der Waals surface area contributed by atoms with Gasteiger partial charge in [-0.3, -0.25) is 9.00 Å². The van der Waals surface area contributed by atoms with Gasteiger partial charge in [0.15, 0.2) is 11.5 Å². The first kappa shape index (κ1) is 18.7. The van der Waals surface area contributed by atoms with Crippen molar-refractivity contribution in [3.8, 4) is 11.5 Å². The molecule has 1 heterocycles. The summed E-state index contributed by atoms with van der Waals surface area (Å²) in [7, 11) is 0.325. The molecule has 0 spiro atoms. The third kappa shape index (κ3) is 4.56. The first-order chi connectivity index (χ1) is 12.5. The van der Waals surface area contributed by atoms with Crippen LogP contribution in [0.2, 0.25) is 5.02 Å². The van der Waals surface area contributed by atoms with E-state index in [1.165, 1.54) is 4.90 Å². The van der Waals surface area contributed by atoms with Crippen molar-refractivity contribution in [3.05, 3.63) is 53.1 Å². The fourth-order valence-electron chi connectivity index (χ4n) is 2.63. The predicted octanol–water partition coefficient (Wildman–Crippen LogP) is 3.41. The van der Waals surface area contributed by atoms with Crippen LogP contribution in [-0.4, -0.2) is 36.1 Å². The summed E-state index contributed by atoms with van der Waals surface area (Å²) in [6.07, 6.45) is 0.784. The normalized spacial score (nSPS) is 14.4. The van der Waals surface area contributed by atoms with Crippen LogP contribution in [0, 0.1) is 0 Å². The van der Waals surface area contributed by atoms with Gasteiger partial charge in [0.25, 0.3) is 0 Å². The van der Waals surface area contributed by atoms with Crippen LogP contribution in [0.5, 0.6) is 11.5 Å². The van der Waals surface area contributed by atoms with E-state index in [0.717, 1.165) is 17.7 Å². The number of halogens is 1. The van der Waals surface area contributed by atoms with Gasteiger partial charge in [-0.2, -0.15) is 0 Å². The number of ether oxygens (including phenoxy) is 2. The van der Waals surface area contributed by atoms with E-state index in [1.807, 2.05) is 30.3 Å². The Labute approximate surface area is 160 Å². The number of hydrogen-bond donors (Lipinski definition) is 0. The molecule has 0 N–H and O–H groups in total. The van der Waals surface area contributed by atoms with E-state index in [-0.39, 0.29) is 17.4 Å². The number of carbonyl (C=O) groups is 1. The molecule has 26 heavy (non-hydrogen) atoms. The highest BCUT2D eigenvalue weighted by molar-refractivity contribution is 7.84. The lowest BCUT2D eigenvalue weighted by Crippen LogP contribution is -2.30. The number of hydrogen-bond acceptors (Lipinski definition) is 4. The molecule has 1 atom stereocenters. The lowest BCUT2D eigenvalue weighted by molar-refractivity contribution is -0.115. The van der Waals surface area contributed by atoms with Crippen LogP contribution < -0.4 is 14.4 Å². The molecule has 138 valence electrons. The predicted molar refractivity (Wildman–Crippen MR) is 104 cm³/mol. The fraction of sp³-hybridized carbons (Fsp3) is 0.316. The van der Waals surface area contributed by atoms with E-state index in [4.69, 9.17) is 21.1 Å². The summed E-state index contributed by atoms with van der Waals surface area (Å²) >= 11 is 6.26. The third-order valence-electron chi connectivity index (χ3n) is 3.99. The zero-order valence-corrected chi connectivity index (χ0v) is 16.0. The maximum absolute atomic E-state index is 12.5. The molecule has 0 fully saturated rings. The van der Waals surface area contributed by atoms with Gasteiger partial charge in [-0.25, -0.2) is 0 Å². The molecule has 1 amide bonds. The quantitative estimate of drug-likeness (QED) is 0.781. The van der Waals surface area contributed by atoms with Gasteiger partial charge in [0.05, 0.1) is 18.2 Å². The molecule has 0 saturated heterocycles. The molecule has 7 heteroatoms. The summed E-state index contributed by atoms with van der Waals surface area (Å²) in [5.74, 6) is 1.06. The highest BCUT2D eigenvalue weighted by Gasteiger charge is 2.18. The molecule has 1 aliphatic rings. The molecule has 3 rings (SSSR count). The minimum Gasteiger partial charge on any atom is -0.489 e. The minimum atomic E-state index is -1.36. The van der Waals surface area contributed by atoms with Crippen molar-refractivity contribution in [1.29, 1.82) is 0 Å². The average Bonchev–Trinajstić information content (AvgIpc) is 2.87. The summed E-state index contributed by atoms with van der Waals surface area (Å²) in [4.78, 5) is 13.9. The Balaban J connectivity index is 1.66. The van der Waals surface area contributed by atoms with E-state index < -0.39 is 10.8 Å². The summed E-state index contributed by atoms with van der Waals surface area (Å²) < 4.78 is 23.7. The summed E-state index contributed by atoms with van der Waals surface area (Å²) in [6, 6.07) is 12.8. The smallest absolute Gasteiger partial charge is 0.239 e. The number of nitrogens with zero attached hydrogens (tertiary/aromatic N) is 1. The van der Waals surface area contributed by atoms with Crippen LogP contribution in [0.4, 0.5) is 5.69 Å². The van der Waals surface area contributed by atoms with Crippen molar-refractivity contribution in [2.45, 2.75) is 12.2 Å². The van der Waals surface area contributed by atoms with Gasteiger partial charge in [-0.05, 0) is 29.8 Å². The number of fused-ring (bicyclic) bond motifs is 1. The van der Waals surface area contributed by atoms with Gasteiger partial charge in [0.1, 0.15) is 5.75 Å². The van der Waals surface area contributed by atoms with Gasteiger partial charge in [-0.1, -0.05) is 29.8 Å². The number of anilines is 1. The number of amides is 1. The molecule has 0 radical (unpaired) electrons. The molecular formula is C19H20ClNO4S. The number of benzene rings is 2. The van der Waals surface area contributed by atoms with Crippen LogP contribution in [0.15, 0.2) is 42.5 Å². The first-order valence-corrected chi connectivity index (χ1v) is 10.2. The van der Waals surface area contributed by atoms with Crippen LogP contribution in [0.3, 0.4) is 0 Å². The molecule has 5 nitrogen and oxygen atoms in total. The van der Waals surface area contributed by atoms with E-state index in [9.17, 15) is 9.00 Å². The van der Waals surface area contributed by atoms with Crippen LogP contribution in [-0.2, 0) is 21.3 Å². The Morgan fingerprint density at radius 1 is 1.19 bits per heavy atom. The molecule has 0 unspecified atom stereocenters. The largest absolute Gasteiger partial charge is 0.489 e. The Morgan fingerprint density at radius 2 is 1.92 bits per heavy atom. The molecular weight excluding hydrogens is 374 g/mol. The SMILES string of the molecule is CN(C(=O)C[S@](=O)Cc1cc(Cl)c2c(c1)OCCCO2)c1ccccc1. The lowest BCUT2D eigenvalue weighted by atomic mass is 10.2. The molecule has 0 aromatic heterocycles. The fourth-order valence-corrected chi connectivity index (χ4v) is 4.03. The van der Waals surface area contributed by atoms with Crippen molar-refractivity contribution < 1.29 is 18.5 Å². The van der Waals surface area contributed by atoms with E-state index in [0.29, 0.717) is 29.7 Å². The zero-order chi connectivity index (χ0) is 18.5. The van der Waals surface area contributed by atoms with Crippen molar-refractivity contribution in [2.24, 2.45) is 0 Å².